The normalized spacial score (nSPS) is 14.8. The third-order valence-corrected chi connectivity index (χ3v) is 4.96. The van der Waals surface area contributed by atoms with E-state index < -0.39 is 0 Å². The van der Waals surface area contributed by atoms with Crippen molar-refractivity contribution in [3.63, 3.8) is 0 Å². The van der Waals surface area contributed by atoms with Gasteiger partial charge >= 0.3 is 0 Å². The number of fused-ring (bicyclic) bond motifs is 1. The Morgan fingerprint density at radius 1 is 1.15 bits per heavy atom. The summed E-state index contributed by atoms with van der Waals surface area (Å²) >= 11 is 0. The molecule has 134 valence electrons. The maximum Gasteiger partial charge on any atom is 0.251 e. The molecule has 0 saturated heterocycles. The van der Waals surface area contributed by atoms with Crippen LogP contribution in [-0.2, 0) is 26.4 Å². The van der Waals surface area contributed by atoms with Gasteiger partial charge in [0.25, 0.3) is 5.56 Å². The SMILES string of the molecule is Cc1nc(CN2CCc3c(-c4ccccc4)nn(C)c3CC2)cc(=O)[nH]1. The molecule has 3 heterocycles. The maximum atomic E-state index is 11.7. The number of aromatic amines is 1. The Hall–Kier alpha value is -2.73. The van der Waals surface area contributed by atoms with Crippen molar-refractivity contribution in [2.45, 2.75) is 26.3 Å². The van der Waals surface area contributed by atoms with Gasteiger partial charge in [0.05, 0.1) is 11.4 Å². The Morgan fingerprint density at radius 3 is 2.69 bits per heavy atom. The highest BCUT2D eigenvalue weighted by molar-refractivity contribution is 5.64. The van der Waals surface area contributed by atoms with Gasteiger partial charge in [0.1, 0.15) is 5.82 Å². The lowest BCUT2D eigenvalue weighted by atomic mass is 10.0. The number of aryl methyl sites for hydroxylation is 2. The van der Waals surface area contributed by atoms with Crippen LogP contribution in [0.3, 0.4) is 0 Å². The average Bonchev–Trinajstić information content (AvgIpc) is 2.78. The topological polar surface area (TPSA) is 66.8 Å². The van der Waals surface area contributed by atoms with Gasteiger partial charge in [-0.2, -0.15) is 5.10 Å². The smallest absolute Gasteiger partial charge is 0.251 e. The quantitative estimate of drug-likeness (QED) is 0.786. The van der Waals surface area contributed by atoms with Gasteiger partial charge in [-0.1, -0.05) is 30.3 Å². The van der Waals surface area contributed by atoms with Crippen LogP contribution in [0.15, 0.2) is 41.2 Å². The largest absolute Gasteiger partial charge is 0.311 e. The predicted octanol–water partition coefficient (Wildman–Crippen LogP) is 2.08. The number of rotatable bonds is 3. The van der Waals surface area contributed by atoms with E-state index in [1.165, 1.54) is 16.8 Å². The van der Waals surface area contributed by atoms with Gasteiger partial charge in [-0.3, -0.25) is 14.4 Å². The van der Waals surface area contributed by atoms with E-state index in [1.807, 2.05) is 24.7 Å². The molecule has 6 nitrogen and oxygen atoms in total. The Bertz CT molecular complexity index is 974. The molecule has 0 unspecified atom stereocenters. The molecule has 2 aromatic heterocycles. The average molecular weight is 349 g/mol. The zero-order chi connectivity index (χ0) is 18.1. The Labute approximate surface area is 152 Å². The fourth-order valence-electron chi connectivity index (χ4n) is 3.76. The second-order valence-corrected chi connectivity index (χ2v) is 6.86. The molecule has 0 spiro atoms. The van der Waals surface area contributed by atoms with Crippen molar-refractivity contribution in [3.8, 4) is 11.3 Å². The highest BCUT2D eigenvalue weighted by atomic mass is 16.1. The summed E-state index contributed by atoms with van der Waals surface area (Å²) in [4.78, 5) is 21.2. The van der Waals surface area contributed by atoms with Crippen LogP contribution in [0.2, 0.25) is 0 Å². The summed E-state index contributed by atoms with van der Waals surface area (Å²) in [5, 5.41) is 4.78. The van der Waals surface area contributed by atoms with E-state index in [9.17, 15) is 4.79 Å². The van der Waals surface area contributed by atoms with Crippen molar-refractivity contribution in [2.75, 3.05) is 13.1 Å². The van der Waals surface area contributed by atoms with Crippen LogP contribution in [0, 0.1) is 6.92 Å². The van der Waals surface area contributed by atoms with Gasteiger partial charge in [-0.15, -0.1) is 0 Å². The lowest BCUT2D eigenvalue weighted by Crippen LogP contribution is -2.27. The lowest BCUT2D eigenvalue weighted by Gasteiger charge is -2.19. The van der Waals surface area contributed by atoms with Gasteiger partial charge in [0.2, 0.25) is 0 Å². The minimum absolute atomic E-state index is 0.0822. The summed E-state index contributed by atoms with van der Waals surface area (Å²) in [6.07, 6.45) is 1.91. The molecule has 0 radical (unpaired) electrons. The maximum absolute atomic E-state index is 11.7. The number of H-pyrrole nitrogens is 1. The van der Waals surface area contributed by atoms with Crippen LogP contribution in [0.5, 0.6) is 0 Å². The first-order valence-electron chi connectivity index (χ1n) is 8.99. The van der Waals surface area contributed by atoms with Crippen molar-refractivity contribution in [1.29, 1.82) is 0 Å². The summed E-state index contributed by atoms with van der Waals surface area (Å²) in [6, 6.07) is 12.0. The molecule has 0 saturated carbocycles. The van der Waals surface area contributed by atoms with Crippen LogP contribution >= 0.6 is 0 Å². The van der Waals surface area contributed by atoms with Gasteiger partial charge in [-0.25, -0.2) is 4.98 Å². The molecule has 0 atom stereocenters. The fourth-order valence-corrected chi connectivity index (χ4v) is 3.76. The van der Waals surface area contributed by atoms with Gasteiger partial charge in [0.15, 0.2) is 0 Å². The summed E-state index contributed by atoms with van der Waals surface area (Å²) in [5.74, 6) is 0.668. The molecular formula is C20H23N5O. The molecule has 0 amide bonds. The molecule has 3 aromatic rings. The van der Waals surface area contributed by atoms with E-state index in [-0.39, 0.29) is 5.56 Å². The zero-order valence-electron chi connectivity index (χ0n) is 15.2. The Balaban J connectivity index is 1.57. The van der Waals surface area contributed by atoms with Gasteiger partial charge in [-0.05, 0) is 13.3 Å². The molecule has 1 aliphatic heterocycles. The molecule has 4 rings (SSSR count). The second kappa shape index (κ2) is 6.88. The first kappa shape index (κ1) is 16.7. The van der Waals surface area contributed by atoms with E-state index in [1.54, 1.807) is 6.07 Å². The van der Waals surface area contributed by atoms with Crippen LogP contribution in [0.25, 0.3) is 11.3 Å². The highest BCUT2D eigenvalue weighted by Gasteiger charge is 2.22. The summed E-state index contributed by atoms with van der Waals surface area (Å²) in [6.45, 7) is 4.40. The van der Waals surface area contributed by atoms with Crippen molar-refractivity contribution >= 4 is 0 Å². The number of benzene rings is 1. The molecule has 0 bridgehead atoms. The molecule has 0 aliphatic carbocycles. The monoisotopic (exact) mass is 349 g/mol. The van der Waals surface area contributed by atoms with Crippen molar-refractivity contribution < 1.29 is 0 Å². The highest BCUT2D eigenvalue weighted by Crippen LogP contribution is 2.28. The fraction of sp³-hybridized carbons (Fsp3) is 0.350. The Morgan fingerprint density at radius 2 is 1.92 bits per heavy atom. The van der Waals surface area contributed by atoms with E-state index >= 15 is 0 Å². The van der Waals surface area contributed by atoms with Crippen LogP contribution in [-0.4, -0.2) is 37.7 Å². The molecule has 1 aromatic carbocycles. The van der Waals surface area contributed by atoms with Gasteiger partial charge in [0, 0.05) is 56.0 Å². The summed E-state index contributed by atoms with van der Waals surface area (Å²) in [5.41, 5.74) is 5.66. The second-order valence-electron chi connectivity index (χ2n) is 6.86. The minimum Gasteiger partial charge on any atom is -0.311 e. The number of hydrogen-bond donors (Lipinski definition) is 1. The molecule has 26 heavy (non-hydrogen) atoms. The van der Waals surface area contributed by atoms with E-state index in [0.29, 0.717) is 12.4 Å². The standard InChI is InChI=1S/C20H23N5O/c1-14-21-16(12-19(26)22-14)13-25-10-8-17-18(9-11-25)24(2)23-20(17)15-6-4-3-5-7-15/h3-7,12H,8-11,13H2,1-2H3,(H,21,22,26). The van der Waals surface area contributed by atoms with Gasteiger partial charge < -0.3 is 4.98 Å². The van der Waals surface area contributed by atoms with Crippen molar-refractivity contribution in [2.24, 2.45) is 7.05 Å². The molecule has 0 fully saturated rings. The van der Waals surface area contributed by atoms with Crippen LogP contribution in [0.4, 0.5) is 0 Å². The molecule has 6 heteroatoms. The third-order valence-electron chi connectivity index (χ3n) is 4.96. The number of aromatic nitrogens is 4. The Kier molecular flexibility index (Phi) is 4.42. The number of nitrogens with one attached hydrogen (secondary N) is 1. The van der Waals surface area contributed by atoms with Crippen molar-refractivity contribution in [1.82, 2.24) is 24.6 Å². The van der Waals surface area contributed by atoms with E-state index in [2.05, 4.69) is 39.1 Å². The predicted molar refractivity (Wildman–Crippen MR) is 101 cm³/mol. The molecule has 1 N–H and O–H groups in total. The van der Waals surface area contributed by atoms with Crippen LogP contribution in [0.1, 0.15) is 22.8 Å². The van der Waals surface area contributed by atoms with E-state index in [4.69, 9.17) is 5.10 Å². The van der Waals surface area contributed by atoms with Crippen LogP contribution < -0.4 is 5.56 Å². The lowest BCUT2D eigenvalue weighted by molar-refractivity contribution is 0.274. The zero-order valence-corrected chi connectivity index (χ0v) is 15.2. The summed E-state index contributed by atoms with van der Waals surface area (Å²) in [7, 11) is 2.03. The first-order valence-corrected chi connectivity index (χ1v) is 8.99. The van der Waals surface area contributed by atoms with Crippen molar-refractivity contribution in [3.05, 3.63) is 69.5 Å². The molecular weight excluding hydrogens is 326 g/mol. The minimum atomic E-state index is -0.0822. The number of nitrogens with zero attached hydrogens (tertiary/aromatic N) is 4. The summed E-state index contributed by atoms with van der Waals surface area (Å²) < 4.78 is 2.02. The molecule has 1 aliphatic rings. The number of hydrogen-bond acceptors (Lipinski definition) is 4. The van der Waals surface area contributed by atoms with E-state index in [0.717, 1.165) is 37.3 Å². The third kappa shape index (κ3) is 3.32. The first-order chi connectivity index (χ1) is 12.6.